The zero-order valence-electron chi connectivity index (χ0n) is 27.4. The summed E-state index contributed by atoms with van der Waals surface area (Å²) >= 11 is 0. The Balaban J connectivity index is 1.85. The molecule has 1 aliphatic rings. The van der Waals surface area contributed by atoms with E-state index in [4.69, 9.17) is 37.9 Å². The molecule has 1 saturated heterocycles. The molecule has 1 aliphatic heterocycles. The summed E-state index contributed by atoms with van der Waals surface area (Å²) in [6.45, 7) is 3.21. The number of aliphatic hydroxyl groups excluding tert-OH is 1. The number of rotatable bonds is 13. The van der Waals surface area contributed by atoms with Crippen molar-refractivity contribution in [2.24, 2.45) is 0 Å². The largest absolute Gasteiger partial charge is 0.508 e. The van der Waals surface area contributed by atoms with Crippen LogP contribution in [0.4, 0.5) is 0 Å². The topological polar surface area (TPSA) is 200 Å². The van der Waals surface area contributed by atoms with Crippen LogP contribution in [0.15, 0.2) is 60.4 Å². The lowest BCUT2D eigenvalue weighted by molar-refractivity contribution is -0.282. The molecule has 5 atom stereocenters. The maximum absolute atomic E-state index is 12.7. The van der Waals surface area contributed by atoms with Gasteiger partial charge in [0.2, 0.25) is 12.4 Å². The zero-order chi connectivity index (χ0) is 36.2. The van der Waals surface area contributed by atoms with E-state index in [1.807, 2.05) is 0 Å². The number of phenols is 1. The Morgan fingerprint density at radius 2 is 1.27 bits per heavy atom. The molecule has 2 aromatic rings. The van der Waals surface area contributed by atoms with Gasteiger partial charge in [0.05, 0.1) is 21.3 Å². The summed E-state index contributed by atoms with van der Waals surface area (Å²) in [4.78, 5) is 61.1. The normalized spacial score (nSPS) is 20.7. The molecular weight excluding hydrogens is 648 g/mol. The van der Waals surface area contributed by atoms with Crippen molar-refractivity contribution in [1.29, 1.82) is 0 Å². The highest BCUT2D eigenvalue weighted by atomic mass is 16.7. The van der Waals surface area contributed by atoms with Crippen LogP contribution >= 0.6 is 0 Å². The standard InChI is InChI=1S/C34H36O15/c1-18(35)45-29-30(46-19(2)36)32(47-20(3)37)34(49-31(29)33(41)44-6)48-26-14-10-22(16-28(26)43-5)8-12-24(39)17-23(38)11-7-21-9-13-25(40)27(15-21)42-4/h7-17,29-32,34,38,40H,1-6H3/b11-7+,12-8+,23-17-/t29-,30-,31-,32+,34+/m0/s1. The van der Waals surface area contributed by atoms with Gasteiger partial charge in [-0.2, -0.15) is 0 Å². The molecule has 1 fully saturated rings. The van der Waals surface area contributed by atoms with Crippen molar-refractivity contribution in [3.8, 4) is 23.0 Å². The Bertz CT molecular complexity index is 1640. The molecule has 0 saturated carbocycles. The van der Waals surface area contributed by atoms with Crippen LogP contribution in [0.2, 0.25) is 0 Å². The van der Waals surface area contributed by atoms with Gasteiger partial charge in [-0.1, -0.05) is 24.3 Å². The first-order valence-corrected chi connectivity index (χ1v) is 14.5. The monoisotopic (exact) mass is 684 g/mol. The van der Waals surface area contributed by atoms with Gasteiger partial charge in [0.1, 0.15) is 5.76 Å². The number of esters is 4. The maximum Gasteiger partial charge on any atom is 0.339 e. The summed E-state index contributed by atoms with van der Waals surface area (Å²) in [6, 6.07) is 9.04. The molecule has 15 nitrogen and oxygen atoms in total. The molecule has 0 unspecified atom stereocenters. The molecule has 1 heterocycles. The maximum atomic E-state index is 12.7. The molecule has 2 N–H and O–H groups in total. The number of hydrogen-bond acceptors (Lipinski definition) is 15. The summed E-state index contributed by atoms with van der Waals surface area (Å²) in [6.07, 6.45) is -1.44. The zero-order valence-corrected chi connectivity index (χ0v) is 27.4. The minimum atomic E-state index is -1.66. The first-order chi connectivity index (χ1) is 23.3. The summed E-state index contributed by atoms with van der Waals surface area (Å²) < 4.78 is 43.0. The summed E-state index contributed by atoms with van der Waals surface area (Å²) in [7, 11) is 3.80. The Labute approximate surface area is 281 Å². The fraction of sp³-hybridized carbons (Fsp3) is 0.324. The van der Waals surface area contributed by atoms with Crippen molar-refractivity contribution >= 4 is 41.8 Å². The minimum absolute atomic E-state index is 0.0257. The minimum Gasteiger partial charge on any atom is -0.508 e. The highest BCUT2D eigenvalue weighted by Gasteiger charge is 2.56. The van der Waals surface area contributed by atoms with Crippen molar-refractivity contribution in [3.05, 3.63) is 71.5 Å². The Hall–Kier alpha value is -5.83. The van der Waals surface area contributed by atoms with Crippen LogP contribution in [-0.4, -0.2) is 91.9 Å². The van der Waals surface area contributed by atoms with Crippen molar-refractivity contribution in [1.82, 2.24) is 0 Å². The summed E-state index contributed by atoms with van der Waals surface area (Å²) in [5.74, 6) is -4.04. The Kier molecular flexibility index (Phi) is 13.3. The van der Waals surface area contributed by atoms with Gasteiger partial charge in [-0.3, -0.25) is 19.2 Å². The number of hydrogen-bond donors (Lipinski definition) is 2. The first kappa shape index (κ1) is 37.6. The second kappa shape index (κ2) is 17.4. The number of aromatic hydroxyl groups is 1. The molecule has 0 aromatic heterocycles. The lowest BCUT2D eigenvalue weighted by Gasteiger charge is -2.43. The van der Waals surface area contributed by atoms with Crippen LogP contribution in [-0.2, 0) is 47.7 Å². The third-order valence-corrected chi connectivity index (χ3v) is 6.65. The average molecular weight is 685 g/mol. The molecule has 15 heteroatoms. The van der Waals surface area contributed by atoms with Gasteiger partial charge in [0, 0.05) is 26.8 Å². The number of ketones is 1. The van der Waals surface area contributed by atoms with Gasteiger partial charge in [-0.15, -0.1) is 0 Å². The van der Waals surface area contributed by atoms with E-state index in [1.54, 1.807) is 12.1 Å². The summed E-state index contributed by atoms with van der Waals surface area (Å²) in [5, 5.41) is 19.9. The molecule has 49 heavy (non-hydrogen) atoms. The molecule has 0 aliphatic carbocycles. The molecule has 0 spiro atoms. The van der Waals surface area contributed by atoms with Gasteiger partial charge in [0.25, 0.3) is 0 Å². The summed E-state index contributed by atoms with van der Waals surface area (Å²) in [5.41, 5.74) is 1.08. The second-order valence-electron chi connectivity index (χ2n) is 10.3. The van der Waals surface area contributed by atoms with Gasteiger partial charge in [0.15, 0.2) is 47.1 Å². The van der Waals surface area contributed by atoms with Crippen molar-refractivity contribution in [2.75, 3.05) is 21.3 Å². The SMILES string of the molecule is COC(=O)[C@H]1O[C@@H](Oc2ccc(/C=C/C(=O)/C=C(O)/C=C/c3ccc(O)c(OC)c3)cc2OC)[C@H](OC(C)=O)[C@@H](OC(C)=O)[C@@H]1OC(C)=O. The van der Waals surface area contributed by atoms with E-state index in [1.165, 1.54) is 62.8 Å². The van der Waals surface area contributed by atoms with Crippen LogP contribution in [0.5, 0.6) is 23.0 Å². The molecule has 262 valence electrons. The number of carbonyl (C=O) groups excluding carboxylic acids is 5. The number of carbonyl (C=O) groups is 5. The average Bonchev–Trinajstić information content (AvgIpc) is 3.05. The van der Waals surface area contributed by atoms with Crippen LogP contribution in [0.3, 0.4) is 0 Å². The Morgan fingerprint density at radius 1 is 0.714 bits per heavy atom. The number of aliphatic hydroxyl groups is 1. The van der Waals surface area contributed by atoms with Crippen molar-refractivity contribution in [2.45, 2.75) is 51.5 Å². The van der Waals surface area contributed by atoms with Gasteiger partial charge in [-0.25, -0.2) is 4.79 Å². The Morgan fingerprint density at radius 3 is 1.86 bits per heavy atom. The second-order valence-corrected chi connectivity index (χ2v) is 10.3. The van der Waals surface area contributed by atoms with Crippen LogP contribution in [0.25, 0.3) is 12.2 Å². The predicted octanol–water partition coefficient (Wildman–Crippen LogP) is 3.22. The van der Waals surface area contributed by atoms with Gasteiger partial charge in [-0.05, 0) is 47.5 Å². The van der Waals surface area contributed by atoms with Crippen molar-refractivity contribution < 1.29 is 72.1 Å². The fourth-order valence-corrected chi connectivity index (χ4v) is 4.58. The van der Waals surface area contributed by atoms with E-state index in [-0.39, 0.29) is 28.8 Å². The first-order valence-electron chi connectivity index (χ1n) is 14.5. The molecular formula is C34H36O15. The van der Waals surface area contributed by atoms with Gasteiger partial charge < -0.3 is 48.1 Å². The van der Waals surface area contributed by atoms with Crippen LogP contribution < -0.4 is 14.2 Å². The fourth-order valence-electron chi connectivity index (χ4n) is 4.58. The number of ether oxygens (including phenoxy) is 8. The molecule has 3 rings (SSSR count). The lowest BCUT2D eigenvalue weighted by Crippen LogP contribution is -2.64. The molecule has 0 bridgehead atoms. The number of phenolic OH excluding ortho intramolecular Hbond substituents is 1. The quantitative estimate of drug-likeness (QED) is 0.102. The third-order valence-electron chi connectivity index (χ3n) is 6.65. The number of benzene rings is 2. The number of allylic oxidation sites excluding steroid dienone is 3. The van der Waals surface area contributed by atoms with E-state index < -0.39 is 60.4 Å². The van der Waals surface area contributed by atoms with E-state index in [9.17, 15) is 34.2 Å². The molecule has 2 aromatic carbocycles. The predicted molar refractivity (Wildman–Crippen MR) is 169 cm³/mol. The van der Waals surface area contributed by atoms with E-state index in [0.29, 0.717) is 11.1 Å². The van der Waals surface area contributed by atoms with Crippen LogP contribution in [0, 0.1) is 0 Å². The van der Waals surface area contributed by atoms with Crippen LogP contribution in [0.1, 0.15) is 31.9 Å². The molecule has 0 radical (unpaired) electrons. The highest BCUT2D eigenvalue weighted by molar-refractivity contribution is 6.02. The van der Waals surface area contributed by atoms with E-state index >= 15 is 0 Å². The van der Waals surface area contributed by atoms with E-state index in [0.717, 1.165) is 34.0 Å². The third kappa shape index (κ3) is 10.6. The van der Waals surface area contributed by atoms with Gasteiger partial charge >= 0.3 is 23.9 Å². The molecule has 0 amide bonds. The van der Waals surface area contributed by atoms with Crippen molar-refractivity contribution in [3.63, 3.8) is 0 Å². The lowest BCUT2D eigenvalue weighted by atomic mass is 9.97. The smallest absolute Gasteiger partial charge is 0.339 e. The highest BCUT2D eigenvalue weighted by Crippen LogP contribution is 2.35. The van der Waals surface area contributed by atoms with E-state index in [2.05, 4.69) is 0 Å². The number of methoxy groups -OCH3 is 3.